The smallest absolute Gasteiger partial charge is 0.404 e. The number of nitrogens with zero attached hydrogens (tertiary/aromatic N) is 5. The molecule has 0 saturated carbocycles. The van der Waals surface area contributed by atoms with Crippen LogP contribution in [0.25, 0.3) is 10.9 Å². The maximum Gasteiger partial charge on any atom is 0.524 e. The number of aryl methyl sites for hydroxylation is 1. The molecule has 7 rings (SSSR count). The molecule has 0 spiro atoms. The molecule has 0 unspecified atom stereocenters. The van der Waals surface area contributed by atoms with Crippen LogP contribution in [-0.2, 0) is 38.3 Å². The van der Waals surface area contributed by atoms with Gasteiger partial charge in [-0.15, -0.1) is 6.58 Å². The molecular weight excluding hydrogens is 793 g/mol. The highest BCUT2D eigenvalue weighted by atomic mass is 35.5. The summed E-state index contributed by atoms with van der Waals surface area (Å²) in [5.74, 6) is -1.08. The monoisotopic (exact) mass is 833 g/mol. The van der Waals surface area contributed by atoms with Crippen molar-refractivity contribution in [1.82, 2.24) is 23.8 Å². The third-order valence-corrected chi connectivity index (χ3v) is 12.5. The maximum absolute atomic E-state index is 14.8. The Bertz CT molecular complexity index is 2340. The van der Waals surface area contributed by atoms with E-state index in [2.05, 4.69) is 6.58 Å². The lowest BCUT2D eigenvalue weighted by Crippen LogP contribution is -2.75. The Labute approximate surface area is 335 Å². The molecular formula is C40H41ClN5O9PS. The number of piperazine rings is 1. The first-order chi connectivity index (χ1) is 27.2. The normalized spacial score (nSPS) is 18.2. The number of para-hydroxylation sites is 1. The van der Waals surface area contributed by atoms with Gasteiger partial charge in [0.25, 0.3) is 0 Å². The minimum absolute atomic E-state index is 0.00603. The van der Waals surface area contributed by atoms with E-state index >= 15 is 0 Å². The molecule has 17 heteroatoms. The maximum atomic E-state index is 14.8. The lowest BCUT2D eigenvalue weighted by Gasteiger charge is -2.55. The SMILES string of the molecule is C=CCN1CC(=O)N2[C@@H](Cc3ccc(OP(=O)(O)O)cc3)C(=O)N(Cc3cccc4ccn(S(O)(O)c5ccc(Cl)cc5)c34)C[C@@H]2N1C(=O)CCc1ccccc1. The quantitative estimate of drug-likeness (QED) is 0.0776. The lowest BCUT2D eigenvalue weighted by atomic mass is 9.97. The molecule has 2 fully saturated rings. The highest BCUT2D eigenvalue weighted by Gasteiger charge is 2.51. The molecule has 2 atom stereocenters. The van der Waals surface area contributed by atoms with E-state index in [0.29, 0.717) is 33.5 Å². The number of rotatable bonds is 13. The summed E-state index contributed by atoms with van der Waals surface area (Å²) >= 11 is 6.09. The Morgan fingerprint density at radius 3 is 2.33 bits per heavy atom. The zero-order valence-electron chi connectivity index (χ0n) is 30.6. The van der Waals surface area contributed by atoms with Gasteiger partial charge < -0.3 is 14.3 Å². The van der Waals surface area contributed by atoms with Gasteiger partial charge in [0.15, 0.2) is 0 Å². The standard InChI is InChI=1S/C40H41ClN5O9PS/c1-2-22-43-27-38(48)45-35(24-29-11-16-33(17-12-29)55-56(50,51)52)40(49)42(26-36(45)46(43)37(47)20-13-28-7-4-3-5-8-28)25-31-10-6-9-30-21-23-44(39(30)31)57(53,54)34-18-14-32(41)15-19-34/h2-12,14-19,21,23,35-36,53-54H,1,13,20,22,24-27H2,(H2,50,51,52)/t35-,36-/m0/s1. The average molecular weight is 834 g/mol. The minimum Gasteiger partial charge on any atom is -0.404 e. The van der Waals surface area contributed by atoms with Crippen molar-refractivity contribution in [3.8, 4) is 5.75 Å². The van der Waals surface area contributed by atoms with Crippen molar-refractivity contribution in [2.75, 3.05) is 19.6 Å². The molecule has 2 aliphatic heterocycles. The number of carbonyl (C=O) groups excluding carboxylic acids is 3. The Morgan fingerprint density at radius 2 is 1.65 bits per heavy atom. The van der Waals surface area contributed by atoms with E-state index in [4.69, 9.17) is 16.1 Å². The second-order valence-electron chi connectivity index (χ2n) is 13.8. The van der Waals surface area contributed by atoms with Gasteiger partial charge in [-0.3, -0.25) is 33.3 Å². The van der Waals surface area contributed by atoms with E-state index in [9.17, 15) is 37.8 Å². The molecule has 1 aromatic heterocycles. The summed E-state index contributed by atoms with van der Waals surface area (Å²) < 4.78 is 40.8. The zero-order valence-corrected chi connectivity index (χ0v) is 33.0. The molecule has 3 heterocycles. The summed E-state index contributed by atoms with van der Waals surface area (Å²) in [4.78, 5) is 65.0. The van der Waals surface area contributed by atoms with Crippen molar-refractivity contribution in [1.29, 1.82) is 0 Å². The van der Waals surface area contributed by atoms with Crippen LogP contribution in [0.1, 0.15) is 23.1 Å². The van der Waals surface area contributed by atoms with Crippen LogP contribution >= 0.6 is 30.2 Å². The first kappa shape index (κ1) is 40.2. The lowest BCUT2D eigenvalue weighted by molar-refractivity contribution is -0.205. The molecule has 57 heavy (non-hydrogen) atoms. The van der Waals surface area contributed by atoms with Crippen LogP contribution in [0, 0.1) is 0 Å². The molecule has 0 radical (unpaired) electrons. The minimum atomic E-state index is -4.82. The zero-order chi connectivity index (χ0) is 40.5. The topological polar surface area (TPSA) is 176 Å². The predicted molar refractivity (Wildman–Crippen MR) is 216 cm³/mol. The predicted octanol–water partition coefficient (Wildman–Crippen LogP) is 6.33. The highest BCUT2D eigenvalue weighted by molar-refractivity contribution is 8.23. The van der Waals surface area contributed by atoms with Crippen LogP contribution in [0.15, 0.2) is 127 Å². The fourth-order valence-corrected chi connectivity index (χ4v) is 9.43. The summed E-state index contributed by atoms with van der Waals surface area (Å²) in [5.41, 5.74) is 2.63. The molecule has 4 N–H and O–H groups in total. The number of benzene rings is 4. The second kappa shape index (κ2) is 16.5. The van der Waals surface area contributed by atoms with Gasteiger partial charge in [-0.2, -0.15) is 0 Å². The number of halogens is 1. The van der Waals surface area contributed by atoms with Crippen molar-refractivity contribution in [3.63, 3.8) is 0 Å². The molecule has 3 amide bonds. The van der Waals surface area contributed by atoms with E-state index < -0.39 is 36.7 Å². The van der Waals surface area contributed by atoms with Crippen molar-refractivity contribution in [2.24, 2.45) is 0 Å². The first-order valence-electron chi connectivity index (χ1n) is 18.0. The van der Waals surface area contributed by atoms with Crippen LogP contribution in [0.5, 0.6) is 5.75 Å². The molecule has 298 valence electrons. The summed E-state index contributed by atoms with van der Waals surface area (Å²) in [6, 6.07) is 27.8. The molecule has 2 aliphatic rings. The van der Waals surface area contributed by atoms with Gasteiger partial charge in [0.2, 0.25) is 17.7 Å². The molecule has 2 saturated heterocycles. The van der Waals surface area contributed by atoms with E-state index in [1.807, 2.05) is 42.5 Å². The summed E-state index contributed by atoms with van der Waals surface area (Å²) in [7, 11) is -8.42. The van der Waals surface area contributed by atoms with E-state index in [1.165, 1.54) is 21.0 Å². The van der Waals surface area contributed by atoms with Crippen LogP contribution in [0.2, 0.25) is 5.02 Å². The van der Waals surface area contributed by atoms with Crippen molar-refractivity contribution < 1.29 is 42.4 Å². The Morgan fingerprint density at radius 1 is 0.930 bits per heavy atom. The summed E-state index contributed by atoms with van der Waals surface area (Å²) in [6.45, 7) is 3.82. The fourth-order valence-electron chi connectivity index (χ4n) is 7.47. The molecule has 4 aromatic carbocycles. The fraction of sp³-hybridized carbons (Fsp3) is 0.225. The van der Waals surface area contributed by atoms with Gasteiger partial charge in [-0.1, -0.05) is 89.1 Å². The number of fused-ring (bicyclic) bond motifs is 2. The van der Waals surface area contributed by atoms with Crippen LogP contribution in [0.3, 0.4) is 0 Å². The van der Waals surface area contributed by atoms with Crippen molar-refractivity contribution >= 4 is 58.8 Å². The summed E-state index contributed by atoms with van der Waals surface area (Å²) in [5, 5.41) is 4.35. The van der Waals surface area contributed by atoms with Gasteiger partial charge in [0.1, 0.15) is 18.0 Å². The number of hydrogen-bond acceptors (Lipinski definition) is 8. The van der Waals surface area contributed by atoms with Crippen molar-refractivity contribution in [3.05, 3.63) is 144 Å². The van der Waals surface area contributed by atoms with Gasteiger partial charge >= 0.3 is 7.82 Å². The molecule has 0 aliphatic carbocycles. The van der Waals surface area contributed by atoms with Gasteiger partial charge in [0.05, 0.1) is 23.5 Å². The Kier molecular flexibility index (Phi) is 11.6. The van der Waals surface area contributed by atoms with Crippen molar-refractivity contribution in [2.45, 2.75) is 42.9 Å². The second-order valence-corrected chi connectivity index (χ2v) is 17.3. The number of carbonyl (C=O) groups is 3. The van der Waals surface area contributed by atoms with E-state index in [1.54, 1.807) is 75.7 Å². The molecule has 14 nitrogen and oxygen atoms in total. The van der Waals surface area contributed by atoms with Crippen LogP contribution in [0.4, 0.5) is 0 Å². The number of aromatic nitrogens is 1. The third-order valence-electron chi connectivity index (χ3n) is 10.00. The molecule has 0 bridgehead atoms. The third kappa shape index (κ3) is 8.66. The van der Waals surface area contributed by atoms with Crippen LogP contribution < -0.4 is 4.52 Å². The van der Waals surface area contributed by atoms with Gasteiger partial charge in [-0.25, -0.2) is 18.6 Å². The number of phosphoric ester groups is 1. The Hall–Kier alpha value is -4.96. The number of hydrogen-bond donors (Lipinski definition) is 4. The van der Waals surface area contributed by atoms with Gasteiger partial charge in [-0.05, 0) is 65.6 Å². The Balaban J connectivity index is 1.27. The first-order valence-corrected chi connectivity index (χ1v) is 21.4. The number of amides is 3. The average Bonchev–Trinajstić information content (AvgIpc) is 3.63. The highest BCUT2D eigenvalue weighted by Crippen LogP contribution is 2.52. The number of hydrazine groups is 1. The van der Waals surface area contributed by atoms with Crippen LogP contribution in [-0.4, -0.2) is 92.2 Å². The van der Waals surface area contributed by atoms with Gasteiger partial charge in [0, 0.05) is 42.5 Å². The number of phosphoric acid groups is 1. The van der Waals surface area contributed by atoms with E-state index in [-0.39, 0.29) is 61.5 Å². The summed E-state index contributed by atoms with van der Waals surface area (Å²) in [6.07, 6.45) is 2.88. The molecule has 5 aromatic rings. The largest absolute Gasteiger partial charge is 0.524 e. The van der Waals surface area contributed by atoms with E-state index in [0.717, 1.165) is 5.56 Å².